The normalized spacial score (nSPS) is 11.0. The summed E-state index contributed by atoms with van der Waals surface area (Å²) >= 11 is 7.55. The number of methoxy groups -OCH3 is 1. The summed E-state index contributed by atoms with van der Waals surface area (Å²) in [6, 6.07) is 12.9. The number of ether oxygens (including phenoxy) is 2. The van der Waals surface area contributed by atoms with Crippen molar-refractivity contribution in [2.24, 2.45) is 0 Å². The van der Waals surface area contributed by atoms with Crippen molar-refractivity contribution in [2.45, 2.75) is 26.2 Å². The van der Waals surface area contributed by atoms with Crippen LogP contribution in [0.2, 0.25) is 5.02 Å². The first-order valence-electron chi connectivity index (χ1n) is 11.1. The van der Waals surface area contributed by atoms with Crippen LogP contribution >= 0.6 is 22.9 Å². The predicted molar refractivity (Wildman–Crippen MR) is 137 cm³/mol. The van der Waals surface area contributed by atoms with Gasteiger partial charge in [0, 0.05) is 39.8 Å². The van der Waals surface area contributed by atoms with Crippen molar-refractivity contribution in [3.63, 3.8) is 0 Å². The molecular weight excluding hydrogens is 489 g/mol. The Bertz CT molecular complexity index is 1400. The Morgan fingerprint density at radius 3 is 2.63 bits per heavy atom. The minimum atomic E-state index is -0.308. The topological polar surface area (TPSA) is 65.5 Å². The van der Waals surface area contributed by atoms with Gasteiger partial charge >= 0.3 is 0 Å². The fourth-order valence-corrected chi connectivity index (χ4v) is 4.85. The van der Waals surface area contributed by atoms with Crippen molar-refractivity contribution in [2.75, 3.05) is 13.7 Å². The zero-order valence-corrected chi connectivity index (χ0v) is 20.8. The van der Waals surface area contributed by atoms with Gasteiger partial charge in [-0.25, -0.2) is 9.37 Å². The molecule has 0 aliphatic heterocycles. The first-order chi connectivity index (χ1) is 16.9. The van der Waals surface area contributed by atoms with Gasteiger partial charge in [0.15, 0.2) is 23.1 Å². The molecule has 4 rings (SSSR count). The van der Waals surface area contributed by atoms with E-state index in [1.165, 1.54) is 30.6 Å². The van der Waals surface area contributed by atoms with Crippen LogP contribution < -0.4 is 9.47 Å². The molecule has 0 aliphatic rings. The van der Waals surface area contributed by atoms with Crippen LogP contribution in [0.3, 0.4) is 0 Å². The van der Waals surface area contributed by atoms with Gasteiger partial charge in [0.25, 0.3) is 0 Å². The maximum atomic E-state index is 14.1. The molecule has 0 radical (unpaired) electrons. The Morgan fingerprint density at radius 1 is 1.06 bits per heavy atom. The van der Waals surface area contributed by atoms with E-state index in [-0.39, 0.29) is 35.9 Å². The highest BCUT2D eigenvalue weighted by atomic mass is 35.5. The number of benzene rings is 2. The Balaban J connectivity index is 1.50. The number of ketones is 2. The number of carbonyl (C=O) groups is 2. The molecule has 0 amide bonds. The van der Waals surface area contributed by atoms with E-state index in [0.717, 1.165) is 6.42 Å². The average Bonchev–Trinajstić information content (AvgIpc) is 3.31. The van der Waals surface area contributed by atoms with Gasteiger partial charge < -0.3 is 9.47 Å². The maximum Gasteiger partial charge on any atom is 0.181 e. The number of pyridine rings is 1. The molecule has 0 unspecified atom stereocenters. The van der Waals surface area contributed by atoms with Crippen LogP contribution in [0.5, 0.6) is 11.5 Å². The average molecular weight is 512 g/mol. The number of Topliss-reactive ketones (excluding diaryl/α,β-unsaturated/α-hetero) is 2. The molecule has 4 aromatic rings. The molecule has 0 aliphatic carbocycles. The Kier molecular flexibility index (Phi) is 7.78. The third-order valence-corrected chi connectivity index (χ3v) is 6.65. The second-order valence-corrected chi connectivity index (χ2v) is 9.20. The zero-order chi connectivity index (χ0) is 24.9. The first kappa shape index (κ1) is 24.8. The molecule has 0 bridgehead atoms. The lowest BCUT2D eigenvalue weighted by Gasteiger charge is -2.11. The summed E-state index contributed by atoms with van der Waals surface area (Å²) in [6.45, 7) is 2.55. The molecule has 0 atom stereocenters. The lowest BCUT2D eigenvalue weighted by Crippen LogP contribution is -2.08. The van der Waals surface area contributed by atoms with Crippen LogP contribution in [0.25, 0.3) is 21.3 Å². The predicted octanol–water partition coefficient (Wildman–Crippen LogP) is 7.40. The van der Waals surface area contributed by atoms with Crippen molar-refractivity contribution >= 4 is 44.6 Å². The molecule has 0 spiro atoms. The fraction of sp³-hybridized carbons (Fsp3) is 0.222. The molecule has 0 saturated carbocycles. The molecule has 2 heterocycles. The molecule has 2 aromatic carbocycles. The number of rotatable bonds is 10. The van der Waals surface area contributed by atoms with Crippen molar-refractivity contribution in [3.05, 3.63) is 76.0 Å². The summed E-state index contributed by atoms with van der Waals surface area (Å²) in [5, 5.41) is 2.84. The van der Waals surface area contributed by atoms with Gasteiger partial charge in [-0.05, 0) is 42.8 Å². The van der Waals surface area contributed by atoms with Crippen LogP contribution in [-0.4, -0.2) is 30.3 Å². The largest absolute Gasteiger partial charge is 0.493 e. The monoisotopic (exact) mass is 511 g/mol. The van der Waals surface area contributed by atoms with Gasteiger partial charge in [-0.3, -0.25) is 9.59 Å². The van der Waals surface area contributed by atoms with Gasteiger partial charge in [-0.2, -0.15) is 0 Å². The van der Waals surface area contributed by atoms with Crippen molar-refractivity contribution in [3.8, 4) is 22.8 Å². The molecule has 5 nitrogen and oxygen atoms in total. The van der Waals surface area contributed by atoms with E-state index in [0.29, 0.717) is 50.0 Å². The highest BCUT2D eigenvalue weighted by Crippen LogP contribution is 2.35. The Morgan fingerprint density at radius 2 is 1.86 bits per heavy atom. The third-order valence-electron chi connectivity index (χ3n) is 5.43. The standard InChI is InChI=1S/C27H23ClFNO4S/c1-3-11-34-25-10-7-16(12-26(25)33-2)23(31)8-9-24(32)22-14-17(28)13-21(30-22)19-15-35-27-18(19)5-4-6-20(27)29/h4-7,10,12-15H,3,8-9,11H2,1-2H3. The van der Waals surface area contributed by atoms with E-state index in [1.807, 2.05) is 6.92 Å². The molecule has 0 N–H and O–H groups in total. The van der Waals surface area contributed by atoms with E-state index in [1.54, 1.807) is 41.8 Å². The van der Waals surface area contributed by atoms with Crippen molar-refractivity contribution < 1.29 is 23.5 Å². The number of aromatic nitrogens is 1. The molecule has 35 heavy (non-hydrogen) atoms. The van der Waals surface area contributed by atoms with E-state index in [4.69, 9.17) is 21.1 Å². The molecule has 0 fully saturated rings. The molecule has 180 valence electrons. The summed E-state index contributed by atoms with van der Waals surface area (Å²) in [7, 11) is 1.51. The van der Waals surface area contributed by atoms with Crippen LogP contribution in [-0.2, 0) is 0 Å². The molecule has 2 aromatic heterocycles. The zero-order valence-electron chi connectivity index (χ0n) is 19.3. The molecule has 0 saturated heterocycles. The number of thiophene rings is 1. The SMILES string of the molecule is CCCOc1ccc(C(=O)CCC(=O)c2cc(Cl)cc(-c3csc4c(F)cccc34)n2)cc1OC. The fourth-order valence-electron chi connectivity index (χ4n) is 3.67. The van der Waals surface area contributed by atoms with Gasteiger partial charge in [-0.15, -0.1) is 11.3 Å². The maximum absolute atomic E-state index is 14.1. The van der Waals surface area contributed by atoms with Gasteiger partial charge in [-0.1, -0.05) is 30.7 Å². The summed E-state index contributed by atoms with van der Waals surface area (Å²) < 4.78 is 25.6. The lowest BCUT2D eigenvalue weighted by molar-refractivity contribution is 0.0915. The van der Waals surface area contributed by atoms with Crippen LogP contribution in [0, 0.1) is 5.82 Å². The van der Waals surface area contributed by atoms with E-state index < -0.39 is 0 Å². The van der Waals surface area contributed by atoms with E-state index in [2.05, 4.69) is 4.98 Å². The van der Waals surface area contributed by atoms with Crippen LogP contribution in [0.15, 0.2) is 53.9 Å². The van der Waals surface area contributed by atoms with Crippen molar-refractivity contribution in [1.82, 2.24) is 4.98 Å². The number of halogens is 2. The van der Waals surface area contributed by atoms with Crippen molar-refractivity contribution in [1.29, 1.82) is 0 Å². The van der Waals surface area contributed by atoms with E-state index in [9.17, 15) is 14.0 Å². The van der Waals surface area contributed by atoms with Crippen LogP contribution in [0.1, 0.15) is 47.0 Å². The number of carbonyl (C=O) groups excluding carboxylic acids is 2. The first-order valence-corrected chi connectivity index (χ1v) is 12.4. The number of hydrogen-bond acceptors (Lipinski definition) is 6. The number of hydrogen-bond donors (Lipinski definition) is 0. The third kappa shape index (κ3) is 5.52. The number of nitrogens with zero attached hydrogens (tertiary/aromatic N) is 1. The minimum absolute atomic E-state index is 0.00721. The van der Waals surface area contributed by atoms with Crippen LogP contribution in [0.4, 0.5) is 4.39 Å². The lowest BCUT2D eigenvalue weighted by atomic mass is 10.0. The Hall–Kier alpha value is -3.29. The van der Waals surface area contributed by atoms with Gasteiger partial charge in [0.2, 0.25) is 0 Å². The summed E-state index contributed by atoms with van der Waals surface area (Å²) in [5.41, 5.74) is 1.79. The highest BCUT2D eigenvalue weighted by molar-refractivity contribution is 7.17. The Labute approximate surface area is 211 Å². The number of fused-ring (bicyclic) bond motifs is 1. The summed E-state index contributed by atoms with van der Waals surface area (Å²) in [5.74, 6) is 0.231. The summed E-state index contributed by atoms with van der Waals surface area (Å²) in [6.07, 6.45) is 0.832. The van der Waals surface area contributed by atoms with Gasteiger partial charge in [0.1, 0.15) is 11.5 Å². The quantitative estimate of drug-likeness (QED) is 0.207. The molecule has 8 heteroatoms. The second kappa shape index (κ2) is 11.0. The van der Waals surface area contributed by atoms with Gasteiger partial charge in [0.05, 0.1) is 24.1 Å². The smallest absolute Gasteiger partial charge is 0.181 e. The summed E-state index contributed by atoms with van der Waals surface area (Å²) in [4.78, 5) is 30.1. The van der Waals surface area contributed by atoms with E-state index >= 15 is 0 Å². The highest BCUT2D eigenvalue weighted by Gasteiger charge is 2.17. The second-order valence-electron chi connectivity index (χ2n) is 7.88. The minimum Gasteiger partial charge on any atom is -0.493 e. The molecular formula is C27H23ClFNO4S.